The van der Waals surface area contributed by atoms with E-state index in [4.69, 9.17) is 11.6 Å². The first kappa shape index (κ1) is 25.1. The molecule has 0 unspecified atom stereocenters. The smallest absolute Gasteiger partial charge is 0.251 e. The van der Waals surface area contributed by atoms with E-state index in [1.807, 2.05) is 18.2 Å². The summed E-state index contributed by atoms with van der Waals surface area (Å²) in [6, 6.07) is 22.0. The third-order valence-corrected chi connectivity index (χ3v) is 7.66. The molecule has 5 nitrogen and oxygen atoms in total. The molecule has 1 N–H and O–H groups in total. The predicted molar refractivity (Wildman–Crippen MR) is 139 cm³/mol. The first-order valence-corrected chi connectivity index (χ1v) is 13.9. The molecule has 0 saturated carbocycles. The van der Waals surface area contributed by atoms with Crippen LogP contribution in [-0.4, -0.2) is 32.9 Å². The number of carbonyl (C=O) groups is 1. The van der Waals surface area contributed by atoms with Crippen molar-refractivity contribution in [2.75, 3.05) is 22.9 Å². The lowest BCUT2D eigenvalue weighted by atomic mass is 10.1. The van der Waals surface area contributed by atoms with Crippen LogP contribution in [0.1, 0.15) is 27.0 Å². The second kappa shape index (κ2) is 11.6. The Bertz CT molecular complexity index is 1200. The summed E-state index contributed by atoms with van der Waals surface area (Å²) >= 11 is 7.98. The fourth-order valence-corrected chi connectivity index (χ4v) is 5.26. The van der Waals surface area contributed by atoms with Gasteiger partial charge in [-0.05, 0) is 53.9 Å². The van der Waals surface area contributed by atoms with Gasteiger partial charge in [-0.15, -0.1) is 0 Å². The minimum Gasteiger partial charge on any atom is -0.351 e. The lowest BCUT2D eigenvalue weighted by molar-refractivity contribution is 0.0956. The molecule has 0 aliphatic heterocycles. The maximum atomic E-state index is 12.5. The van der Waals surface area contributed by atoms with Crippen molar-refractivity contribution in [2.45, 2.75) is 19.2 Å². The van der Waals surface area contributed by atoms with Crippen LogP contribution in [0.4, 0.5) is 5.69 Å². The van der Waals surface area contributed by atoms with Crippen LogP contribution >= 0.6 is 23.4 Å². The number of hydrogen-bond donors (Lipinski definition) is 1. The van der Waals surface area contributed by atoms with Gasteiger partial charge in [0, 0.05) is 28.6 Å². The second-order valence-corrected chi connectivity index (χ2v) is 11.1. The Balaban J connectivity index is 1.56. The van der Waals surface area contributed by atoms with E-state index in [2.05, 4.69) is 24.4 Å². The second-order valence-electron chi connectivity index (χ2n) is 7.64. The summed E-state index contributed by atoms with van der Waals surface area (Å²) in [7, 11) is -3.54. The fourth-order valence-electron chi connectivity index (χ4n) is 3.25. The third-order valence-electron chi connectivity index (χ3n) is 5.14. The van der Waals surface area contributed by atoms with Crippen LogP contribution in [0.15, 0.2) is 72.8 Å². The number of hydrogen-bond acceptors (Lipinski definition) is 4. The summed E-state index contributed by atoms with van der Waals surface area (Å²) in [5.74, 6) is 1.53. The zero-order valence-electron chi connectivity index (χ0n) is 18.6. The highest BCUT2D eigenvalue weighted by Crippen LogP contribution is 2.24. The number of carbonyl (C=O) groups excluding carboxylic acids is 1. The van der Waals surface area contributed by atoms with Crippen molar-refractivity contribution in [1.29, 1.82) is 0 Å². The van der Waals surface area contributed by atoms with E-state index in [1.54, 1.807) is 54.2 Å². The van der Waals surface area contributed by atoms with Crippen molar-refractivity contribution in [3.05, 3.63) is 100 Å². The van der Waals surface area contributed by atoms with Gasteiger partial charge in [-0.2, -0.15) is 11.8 Å². The van der Waals surface area contributed by atoms with Crippen molar-refractivity contribution in [3.63, 3.8) is 0 Å². The number of rotatable bonds is 10. The van der Waals surface area contributed by atoms with E-state index in [0.717, 1.165) is 17.8 Å². The average Bonchev–Trinajstić information content (AvgIpc) is 2.78. The molecular formula is C25H27ClN2O3S2. The summed E-state index contributed by atoms with van der Waals surface area (Å²) in [6.45, 7) is 2.77. The Labute approximate surface area is 205 Å². The minimum atomic E-state index is -3.54. The van der Waals surface area contributed by atoms with Crippen LogP contribution in [-0.2, 0) is 22.3 Å². The normalized spacial score (nSPS) is 11.2. The lowest BCUT2D eigenvalue weighted by Gasteiger charge is -2.23. The van der Waals surface area contributed by atoms with E-state index >= 15 is 0 Å². The van der Waals surface area contributed by atoms with Gasteiger partial charge in [-0.3, -0.25) is 9.10 Å². The monoisotopic (exact) mass is 502 g/mol. The Morgan fingerprint density at radius 2 is 1.61 bits per heavy atom. The molecule has 33 heavy (non-hydrogen) atoms. The van der Waals surface area contributed by atoms with Crippen molar-refractivity contribution >= 4 is 45.0 Å². The molecule has 0 saturated heterocycles. The van der Waals surface area contributed by atoms with E-state index in [-0.39, 0.29) is 12.5 Å². The lowest BCUT2D eigenvalue weighted by Crippen LogP contribution is -2.29. The Kier molecular flexibility index (Phi) is 8.83. The van der Waals surface area contributed by atoms with Crippen LogP contribution in [0.5, 0.6) is 0 Å². The number of halogens is 1. The van der Waals surface area contributed by atoms with E-state index in [0.29, 0.717) is 28.4 Å². The average molecular weight is 503 g/mol. The first-order valence-electron chi connectivity index (χ1n) is 10.5. The maximum Gasteiger partial charge on any atom is 0.251 e. The molecule has 8 heteroatoms. The number of nitrogens with zero attached hydrogens (tertiary/aromatic N) is 1. The summed E-state index contributed by atoms with van der Waals surface area (Å²) in [6.07, 6.45) is 1.15. The molecule has 0 heterocycles. The van der Waals surface area contributed by atoms with Gasteiger partial charge in [-0.25, -0.2) is 8.42 Å². The number of nitrogens with one attached hydrogen (secondary N) is 1. The summed E-state index contributed by atoms with van der Waals surface area (Å²) < 4.78 is 26.1. The maximum absolute atomic E-state index is 12.5. The number of thioether (sulfide) groups is 1. The van der Waals surface area contributed by atoms with E-state index in [1.165, 1.54) is 15.4 Å². The van der Waals surface area contributed by atoms with Gasteiger partial charge in [0.05, 0.1) is 18.5 Å². The number of benzene rings is 3. The van der Waals surface area contributed by atoms with Crippen LogP contribution < -0.4 is 9.62 Å². The highest BCUT2D eigenvalue weighted by molar-refractivity contribution is 7.98. The molecule has 3 rings (SSSR count). The molecule has 3 aromatic carbocycles. The van der Waals surface area contributed by atoms with Crippen molar-refractivity contribution < 1.29 is 13.2 Å². The van der Waals surface area contributed by atoms with Gasteiger partial charge >= 0.3 is 0 Å². The minimum absolute atomic E-state index is 0.113. The molecule has 0 bridgehead atoms. The molecule has 0 spiro atoms. The largest absolute Gasteiger partial charge is 0.351 e. The highest BCUT2D eigenvalue weighted by Gasteiger charge is 2.19. The van der Waals surface area contributed by atoms with Gasteiger partial charge < -0.3 is 5.32 Å². The Morgan fingerprint density at radius 1 is 0.970 bits per heavy atom. The first-order chi connectivity index (χ1) is 15.8. The summed E-state index contributed by atoms with van der Waals surface area (Å²) in [5.41, 5.74) is 4.23. The number of aryl methyl sites for hydroxylation is 1. The predicted octanol–water partition coefficient (Wildman–Crippen LogP) is 5.28. The molecule has 174 valence electrons. The number of amides is 1. The Hall–Kier alpha value is -2.48. The topological polar surface area (TPSA) is 66.5 Å². The molecule has 1 amide bonds. The zero-order chi connectivity index (χ0) is 23.8. The third kappa shape index (κ3) is 7.25. The SMILES string of the molecule is Cc1ccccc1CSCCNC(=O)c1ccc(N(Cc2ccccc2Cl)S(C)(=O)=O)cc1. The molecule has 0 aromatic heterocycles. The Morgan fingerprint density at radius 3 is 2.24 bits per heavy atom. The van der Waals surface area contributed by atoms with Crippen LogP contribution in [0.25, 0.3) is 0 Å². The van der Waals surface area contributed by atoms with Crippen molar-refractivity contribution in [3.8, 4) is 0 Å². The molecule has 0 radical (unpaired) electrons. The molecule has 0 atom stereocenters. The molecule has 0 aliphatic carbocycles. The van der Waals surface area contributed by atoms with Crippen LogP contribution in [0, 0.1) is 6.92 Å². The van der Waals surface area contributed by atoms with E-state index in [9.17, 15) is 13.2 Å². The number of anilines is 1. The molecule has 0 fully saturated rings. The van der Waals surface area contributed by atoms with Crippen LogP contribution in [0.2, 0.25) is 5.02 Å². The zero-order valence-corrected chi connectivity index (χ0v) is 21.0. The fraction of sp³-hybridized carbons (Fsp3) is 0.240. The van der Waals surface area contributed by atoms with Gasteiger partial charge in [0.25, 0.3) is 5.91 Å². The molecular weight excluding hydrogens is 476 g/mol. The van der Waals surface area contributed by atoms with Crippen LogP contribution in [0.3, 0.4) is 0 Å². The standard InChI is InChI=1S/C25H27ClN2O3S2/c1-19-7-3-4-9-22(19)18-32-16-15-27-25(29)20-11-13-23(14-12-20)28(33(2,30)31)17-21-8-5-6-10-24(21)26/h3-14H,15-18H2,1-2H3,(H,27,29). The van der Waals surface area contributed by atoms with E-state index < -0.39 is 10.0 Å². The van der Waals surface area contributed by atoms with Crippen molar-refractivity contribution in [1.82, 2.24) is 5.32 Å². The molecule has 3 aromatic rings. The summed E-state index contributed by atoms with van der Waals surface area (Å²) in [4.78, 5) is 12.5. The van der Waals surface area contributed by atoms with Crippen molar-refractivity contribution in [2.24, 2.45) is 0 Å². The quantitative estimate of drug-likeness (QED) is 0.383. The van der Waals surface area contributed by atoms with Gasteiger partial charge in [0.1, 0.15) is 0 Å². The molecule has 0 aliphatic rings. The van der Waals surface area contributed by atoms with Gasteiger partial charge in [-0.1, -0.05) is 54.1 Å². The van der Waals surface area contributed by atoms with Gasteiger partial charge in [0.15, 0.2) is 0 Å². The number of sulfonamides is 1. The van der Waals surface area contributed by atoms with Gasteiger partial charge in [0.2, 0.25) is 10.0 Å². The summed E-state index contributed by atoms with van der Waals surface area (Å²) in [5, 5.41) is 3.42. The highest BCUT2D eigenvalue weighted by atomic mass is 35.5.